The highest BCUT2D eigenvalue weighted by atomic mass is 19.4. The van der Waals surface area contributed by atoms with Crippen LogP contribution >= 0.6 is 0 Å². The molecule has 3 aromatic rings. The van der Waals surface area contributed by atoms with Crippen molar-refractivity contribution < 1.29 is 22.7 Å². The Kier molecular flexibility index (Phi) is 8.09. The summed E-state index contributed by atoms with van der Waals surface area (Å²) in [5, 5.41) is 6.41. The largest absolute Gasteiger partial charge is 0.416 e. The molecule has 0 aliphatic carbocycles. The van der Waals surface area contributed by atoms with Crippen molar-refractivity contribution in [1.82, 2.24) is 4.90 Å². The number of nitrogens with two attached hydrogens (primary N) is 1. The minimum Gasteiger partial charge on any atom is -0.378 e. The number of ether oxygens (including phenoxy) is 1. The van der Waals surface area contributed by atoms with Gasteiger partial charge in [-0.05, 0) is 61.7 Å². The van der Waals surface area contributed by atoms with Crippen LogP contribution in [0.5, 0.6) is 0 Å². The number of nitrogens with one attached hydrogen (secondary N) is 2. The summed E-state index contributed by atoms with van der Waals surface area (Å²) in [5.41, 5.74) is 7.93. The smallest absolute Gasteiger partial charge is 0.378 e. The third kappa shape index (κ3) is 6.20. The van der Waals surface area contributed by atoms with E-state index in [0.29, 0.717) is 49.4 Å². The average Bonchev–Trinajstić information content (AvgIpc) is 2.95. The lowest BCUT2D eigenvalue weighted by atomic mass is 9.76. The summed E-state index contributed by atoms with van der Waals surface area (Å²) in [6, 6.07) is 22.6. The topological polar surface area (TPSA) is 79.6 Å². The Hall–Kier alpha value is -3.56. The standard InChI is InChI=1S/C30H33F3N4O2/c31-30(32,33)21-12-15-26-25(18-21)28-24(27(36-26)20-8-3-1-4-9-20)14-13-23(39-28)19-37(17-7-16-34)29(38)35-22-10-5-2-6-11-22/h1-6,8-12,15,18,23-24,27-28,36H,7,13-14,16-17,19,34H2,(H,35,38)/t23-,24+,27+,28+/m1/s1. The lowest BCUT2D eigenvalue weighted by Crippen LogP contribution is -2.46. The number of benzene rings is 3. The summed E-state index contributed by atoms with van der Waals surface area (Å²) < 4.78 is 47.5. The second kappa shape index (κ2) is 11.7. The van der Waals surface area contributed by atoms with Crippen LogP contribution in [0.1, 0.15) is 48.1 Å². The van der Waals surface area contributed by atoms with E-state index < -0.39 is 17.8 Å². The molecule has 0 spiro atoms. The van der Waals surface area contributed by atoms with Crippen molar-refractivity contribution in [3.8, 4) is 0 Å². The molecule has 2 aliphatic rings. The van der Waals surface area contributed by atoms with Crippen LogP contribution in [0.25, 0.3) is 0 Å². The third-order valence-electron chi connectivity index (χ3n) is 7.50. The maximum atomic E-state index is 13.6. The number of nitrogens with zero attached hydrogens (tertiary/aromatic N) is 1. The van der Waals surface area contributed by atoms with E-state index in [-0.39, 0.29) is 24.1 Å². The highest BCUT2D eigenvalue weighted by molar-refractivity contribution is 5.89. The number of amides is 2. The SMILES string of the molecule is NCCCN(C[C@H]1CC[C@@H]2[C@H](O1)c1cc(C(F)(F)F)ccc1N[C@H]2c1ccccc1)C(=O)Nc1ccccc1. The first-order valence-electron chi connectivity index (χ1n) is 13.3. The van der Waals surface area contributed by atoms with Gasteiger partial charge in [-0.3, -0.25) is 0 Å². The monoisotopic (exact) mass is 538 g/mol. The summed E-state index contributed by atoms with van der Waals surface area (Å²) in [7, 11) is 0. The Morgan fingerprint density at radius 3 is 2.44 bits per heavy atom. The highest BCUT2D eigenvalue weighted by Crippen LogP contribution is 2.51. The first-order valence-corrected chi connectivity index (χ1v) is 13.3. The van der Waals surface area contributed by atoms with Gasteiger partial charge in [0.1, 0.15) is 0 Å². The average molecular weight is 539 g/mol. The number of fused-ring (bicyclic) bond motifs is 3. The number of hydrogen-bond donors (Lipinski definition) is 3. The fourth-order valence-electron chi connectivity index (χ4n) is 5.58. The zero-order valence-electron chi connectivity index (χ0n) is 21.5. The van der Waals surface area contributed by atoms with Crippen LogP contribution in [-0.4, -0.2) is 36.7 Å². The number of urea groups is 1. The molecule has 0 unspecified atom stereocenters. The van der Waals surface area contributed by atoms with E-state index in [1.807, 2.05) is 60.7 Å². The van der Waals surface area contributed by atoms with E-state index in [4.69, 9.17) is 10.5 Å². The number of para-hydroxylation sites is 1. The van der Waals surface area contributed by atoms with Gasteiger partial charge >= 0.3 is 12.2 Å². The molecule has 9 heteroatoms. The van der Waals surface area contributed by atoms with Gasteiger partial charge in [0.25, 0.3) is 0 Å². The van der Waals surface area contributed by atoms with Crippen LogP contribution in [0.15, 0.2) is 78.9 Å². The molecule has 206 valence electrons. The van der Waals surface area contributed by atoms with E-state index in [1.165, 1.54) is 12.1 Å². The van der Waals surface area contributed by atoms with E-state index in [9.17, 15) is 18.0 Å². The molecular weight excluding hydrogens is 505 g/mol. The van der Waals surface area contributed by atoms with Crippen LogP contribution in [-0.2, 0) is 10.9 Å². The molecule has 0 aromatic heterocycles. The number of carbonyl (C=O) groups is 1. The van der Waals surface area contributed by atoms with Crippen molar-refractivity contribution in [3.05, 3.63) is 95.6 Å². The van der Waals surface area contributed by atoms with Gasteiger partial charge in [0, 0.05) is 35.9 Å². The molecule has 6 nitrogen and oxygen atoms in total. The molecule has 4 N–H and O–H groups in total. The van der Waals surface area contributed by atoms with Gasteiger partial charge < -0.3 is 26.0 Å². The van der Waals surface area contributed by atoms with Gasteiger partial charge in [0.2, 0.25) is 0 Å². The van der Waals surface area contributed by atoms with Crippen LogP contribution in [0.4, 0.5) is 29.3 Å². The van der Waals surface area contributed by atoms with E-state index in [0.717, 1.165) is 18.1 Å². The van der Waals surface area contributed by atoms with Crippen molar-refractivity contribution in [2.45, 2.75) is 43.7 Å². The minimum atomic E-state index is -4.45. The Morgan fingerprint density at radius 1 is 1.03 bits per heavy atom. The van der Waals surface area contributed by atoms with E-state index >= 15 is 0 Å². The second-order valence-electron chi connectivity index (χ2n) is 10.1. The van der Waals surface area contributed by atoms with Gasteiger partial charge in [-0.25, -0.2) is 4.79 Å². The van der Waals surface area contributed by atoms with E-state index in [2.05, 4.69) is 10.6 Å². The van der Waals surface area contributed by atoms with Crippen molar-refractivity contribution in [2.24, 2.45) is 11.7 Å². The van der Waals surface area contributed by atoms with Gasteiger partial charge in [-0.15, -0.1) is 0 Å². The van der Waals surface area contributed by atoms with Crippen LogP contribution in [0.3, 0.4) is 0 Å². The molecular formula is C30H33F3N4O2. The molecule has 2 heterocycles. The maximum Gasteiger partial charge on any atom is 0.416 e. The highest BCUT2D eigenvalue weighted by Gasteiger charge is 2.44. The molecule has 3 aromatic carbocycles. The molecule has 4 atom stereocenters. The number of anilines is 2. The summed E-state index contributed by atoms with van der Waals surface area (Å²) in [5.74, 6) is -0.0599. The zero-order valence-corrected chi connectivity index (χ0v) is 21.5. The molecule has 2 amide bonds. The molecule has 39 heavy (non-hydrogen) atoms. The third-order valence-corrected chi connectivity index (χ3v) is 7.50. The van der Waals surface area contributed by atoms with Gasteiger partial charge in [0.15, 0.2) is 0 Å². The maximum absolute atomic E-state index is 13.6. The fraction of sp³-hybridized carbons (Fsp3) is 0.367. The first-order chi connectivity index (χ1) is 18.8. The number of halogens is 3. The number of carbonyl (C=O) groups excluding carboxylic acids is 1. The Balaban J connectivity index is 1.40. The van der Waals surface area contributed by atoms with Crippen molar-refractivity contribution in [3.63, 3.8) is 0 Å². The van der Waals surface area contributed by atoms with Gasteiger partial charge in [-0.1, -0.05) is 48.5 Å². The molecule has 1 saturated heterocycles. The van der Waals surface area contributed by atoms with Crippen molar-refractivity contribution in [1.29, 1.82) is 0 Å². The normalized spacial score (nSPS) is 22.3. The van der Waals surface area contributed by atoms with E-state index in [1.54, 1.807) is 4.90 Å². The summed E-state index contributed by atoms with van der Waals surface area (Å²) in [6.45, 7) is 1.20. The van der Waals surface area contributed by atoms with Crippen LogP contribution in [0.2, 0.25) is 0 Å². The Labute approximate surface area is 226 Å². The van der Waals surface area contributed by atoms with Crippen molar-refractivity contribution >= 4 is 17.4 Å². The fourth-order valence-corrected chi connectivity index (χ4v) is 5.58. The second-order valence-corrected chi connectivity index (χ2v) is 10.1. The summed E-state index contributed by atoms with van der Waals surface area (Å²) in [6.07, 6.45) is -3.29. The van der Waals surface area contributed by atoms with Crippen molar-refractivity contribution in [2.75, 3.05) is 30.3 Å². The van der Waals surface area contributed by atoms with Crippen LogP contribution in [0, 0.1) is 5.92 Å². The lowest BCUT2D eigenvalue weighted by Gasteiger charge is -2.46. The van der Waals surface area contributed by atoms with Gasteiger partial charge in [-0.2, -0.15) is 13.2 Å². The van der Waals surface area contributed by atoms with Crippen LogP contribution < -0.4 is 16.4 Å². The summed E-state index contributed by atoms with van der Waals surface area (Å²) >= 11 is 0. The minimum absolute atomic E-state index is 0.0599. The first kappa shape index (κ1) is 27.0. The van der Waals surface area contributed by atoms with Gasteiger partial charge in [0.05, 0.1) is 23.8 Å². The molecule has 1 fully saturated rings. The number of rotatable bonds is 7. The predicted molar refractivity (Wildman–Crippen MR) is 145 cm³/mol. The lowest BCUT2D eigenvalue weighted by molar-refractivity contribution is -0.138. The zero-order chi connectivity index (χ0) is 27.4. The Bertz CT molecular complexity index is 1260. The predicted octanol–water partition coefficient (Wildman–Crippen LogP) is 6.59. The molecule has 0 radical (unpaired) electrons. The molecule has 0 bridgehead atoms. The number of hydrogen-bond acceptors (Lipinski definition) is 4. The quantitative estimate of drug-likeness (QED) is 0.317. The number of alkyl halides is 3. The molecule has 5 rings (SSSR count). The Morgan fingerprint density at radius 2 is 1.74 bits per heavy atom. The summed E-state index contributed by atoms with van der Waals surface area (Å²) in [4.78, 5) is 14.8. The molecule has 2 aliphatic heterocycles. The molecule has 0 saturated carbocycles.